The van der Waals surface area contributed by atoms with Crippen LogP contribution in [0.1, 0.15) is 26.3 Å². The second-order valence-corrected chi connectivity index (χ2v) is 7.34. The van der Waals surface area contributed by atoms with Crippen molar-refractivity contribution in [2.75, 3.05) is 13.1 Å². The molecule has 2 aromatic rings. The van der Waals surface area contributed by atoms with E-state index in [0.717, 1.165) is 17.0 Å². The van der Waals surface area contributed by atoms with Crippen LogP contribution < -0.4 is 0 Å². The predicted octanol–water partition coefficient (Wildman–Crippen LogP) is 2.95. The van der Waals surface area contributed by atoms with Crippen molar-refractivity contribution in [3.8, 4) is 11.4 Å². The van der Waals surface area contributed by atoms with E-state index in [9.17, 15) is 31.9 Å². The van der Waals surface area contributed by atoms with E-state index >= 15 is 0 Å². The number of piperidine rings is 1. The summed E-state index contributed by atoms with van der Waals surface area (Å²) in [6.45, 7) is 2.07. The van der Waals surface area contributed by atoms with Gasteiger partial charge < -0.3 is 14.6 Å². The minimum Gasteiger partial charge on any atom is -0.373 e. The highest BCUT2D eigenvalue weighted by molar-refractivity contribution is 5.85. The molecule has 1 aromatic carbocycles. The molecule has 11 heteroatoms. The molecule has 3 atom stereocenters. The first-order chi connectivity index (χ1) is 13.4. The molecule has 158 valence electrons. The number of nitrogens with zero attached hydrogens (tertiary/aromatic N) is 4. The van der Waals surface area contributed by atoms with E-state index in [4.69, 9.17) is 0 Å². The highest BCUT2D eigenvalue weighted by Gasteiger charge is 2.57. The third kappa shape index (κ3) is 3.83. The molecule has 2 heterocycles. The van der Waals surface area contributed by atoms with Crippen molar-refractivity contribution in [2.45, 2.75) is 38.1 Å². The Morgan fingerprint density at radius 2 is 1.97 bits per heavy atom. The number of carbonyl (C=O) groups excluding carboxylic acids is 1. The molecule has 0 bridgehead atoms. The van der Waals surface area contributed by atoms with Gasteiger partial charge in [-0.2, -0.15) is 13.2 Å². The van der Waals surface area contributed by atoms with E-state index in [0.29, 0.717) is 6.92 Å². The zero-order valence-electron chi connectivity index (χ0n) is 15.6. The average Bonchev–Trinajstić information content (AvgIpc) is 3.09. The molecule has 29 heavy (non-hydrogen) atoms. The largest absolute Gasteiger partial charge is 0.426 e. The van der Waals surface area contributed by atoms with Gasteiger partial charge in [0.1, 0.15) is 18.0 Å². The van der Waals surface area contributed by atoms with E-state index in [1.807, 2.05) is 0 Å². The molecule has 1 aromatic heterocycles. The summed E-state index contributed by atoms with van der Waals surface area (Å²) in [5.74, 6) is -3.16. The fraction of sp³-hybridized carbons (Fsp3) is 0.500. The maximum Gasteiger partial charge on any atom is 0.426 e. The van der Waals surface area contributed by atoms with E-state index < -0.39 is 29.3 Å². The standard InChI is InChI=1S/C18H19F5N4O2/c1-10-8-26(16(28)17(2,29)18(21,22)23)6-5-14(10)27-9-24-25-15(27)12-4-3-11(19)7-13(12)20/h3-4,7,9-10,14,29H,5-6,8H2,1-2H3/t10-,14+,17-/m1/s1. The fourth-order valence-electron chi connectivity index (χ4n) is 3.51. The second kappa shape index (κ2) is 7.36. The Morgan fingerprint density at radius 1 is 1.28 bits per heavy atom. The van der Waals surface area contributed by atoms with Crippen LogP contribution in [0.25, 0.3) is 11.4 Å². The molecule has 0 aliphatic carbocycles. The van der Waals surface area contributed by atoms with E-state index in [1.165, 1.54) is 12.4 Å². The molecule has 1 aliphatic heterocycles. The first-order valence-electron chi connectivity index (χ1n) is 8.87. The van der Waals surface area contributed by atoms with E-state index in [2.05, 4.69) is 10.2 Å². The number of amides is 1. The monoisotopic (exact) mass is 418 g/mol. The van der Waals surface area contributed by atoms with Gasteiger partial charge in [-0.05, 0) is 31.4 Å². The van der Waals surface area contributed by atoms with Crippen molar-refractivity contribution in [3.05, 3.63) is 36.2 Å². The lowest BCUT2D eigenvalue weighted by Crippen LogP contribution is -2.58. The van der Waals surface area contributed by atoms with Crippen molar-refractivity contribution < 1.29 is 31.9 Å². The normalized spacial score (nSPS) is 22.4. The molecule has 1 aliphatic rings. The lowest BCUT2D eigenvalue weighted by Gasteiger charge is -2.40. The first-order valence-corrected chi connectivity index (χ1v) is 8.87. The van der Waals surface area contributed by atoms with Crippen molar-refractivity contribution in [2.24, 2.45) is 5.92 Å². The number of benzene rings is 1. The maximum atomic E-state index is 14.2. The number of likely N-dealkylation sites (tertiary alicyclic amines) is 1. The molecule has 1 fully saturated rings. The fourth-order valence-corrected chi connectivity index (χ4v) is 3.51. The van der Waals surface area contributed by atoms with Crippen LogP contribution in [-0.2, 0) is 4.79 Å². The summed E-state index contributed by atoms with van der Waals surface area (Å²) in [5, 5.41) is 17.3. The Hall–Kier alpha value is -2.56. The summed E-state index contributed by atoms with van der Waals surface area (Å²) in [7, 11) is 0. The van der Waals surface area contributed by atoms with Crippen molar-refractivity contribution >= 4 is 5.91 Å². The van der Waals surface area contributed by atoms with Gasteiger partial charge in [0.15, 0.2) is 5.82 Å². The third-order valence-corrected chi connectivity index (χ3v) is 5.22. The summed E-state index contributed by atoms with van der Waals surface area (Å²) < 4.78 is 67.8. The lowest BCUT2D eigenvalue weighted by molar-refractivity contribution is -0.251. The van der Waals surface area contributed by atoms with Crippen LogP contribution in [0.4, 0.5) is 22.0 Å². The zero-order chi connectivity index (χ0) is 21.6. The van der Waals surface area contributed by atoms with Crippen molar-refractivity contribution in [1.82, 2.24) is 19.7 Å². The Balaban J connectivity index is 1.82. The first kappa shape index (κ1) is 21.2. The molecule has 3 rings (SSSR count). The van der Waals surface area contributed by atoms with E-state index in [-0.39, 0.29) is 42.9 Å². The number of aliphatic hydroxyl groups is 1. The average molecular weight is 418 g/mol. The van der Waals surface area contributed by atoms with Gasteiger partial charge in [0.2, 0.25) is 5.60 Å². The Kier molecular flexibility index (Phi) is 5.37. The number of rotatable bonds is 3. The Bertz CT molecular complexity index is 912. The zero-order valence-corrected chi connectivity index (χ0v) is 15.6. The topological polar surface area (TPSA) is 71.2 Å². The minimum atomic E-state index is -5.09. The van der Waals surface area contributed by atoms with Crippen LogP contribution in [0.2, 0.25) is 0 Å². The van der Waals surface area contributed by atoms with Crippen LogP contribution in [0.5, 0.6) is 0 Å². The quantitative estimate of drug-likeness (QED) is 0.779. The Labute approximate surface area is 163 Å². The predicted molar refractivity (Wildman–Crippen MR) is 91.5 cm³/mol. The second-order valence-electron chi connectivity index (χ2n) is 7.34. The van der Waals surface area contributed by atoms with Crippen LogP contribution >= 0.6 is 0 Å². The highest BCUT2D eigenvalue weighted by atomic mass is 19.4. The summed E-state index contributed by atoms with van der Waals surface area (Å²) >= 11 is 0. The molecule has 0 saturated carbocycles. The van der Waals surface area contributed by atoms with Crippen LogP contribution in [0.3, 0.4) is 0 Å². The summed E-state index contributed by atoms with van der Waals surface area (Å²) in [5.41, 5.74) is -3.44. The summed E-state index contributed by atoms with van der Waals surface area (Å²) in [6.07, 6.45) is -3.48. The number of halogens is 5. The molecule has 1 amide bonds. The molecule has 0 unspecified atom stereocenters. The van der Waals surface area contributed by atoms with Crippen LogP contribution in [-0.4, -0.2) is 55.5 Å². The van der Waals surface area contributed by atoms with Crippen molar-refractivity contribution in [3.63, 3.8) is 0 Å². The molecular formula is C18H19F5N4O2. The van der Waals surface area contributed by atoms with Gasteiger partial charge in [0, 0.05) is 25.2 Å². The number of hydrogen-bond acceptors (Lipinski definition) is 4. The SMILES string of the molecule is C[C@@H]1CN(C(=O)[C@@](C)(O)C(F)(F)F)CC[C@@H]1n1cnnc1-c1ccc(F)cc1F. The van der Waals surface area contributed by atoms with E-state index in [1.54, 1.807) is 11.5 Å². The van der Waals surface area contributed by atoms with Gasteiger partial charge in [-0.1, -0.05) is 6.92 Å². The van der Waals surface area contributed by atoms with Gasteiger partial charge >= 0.3 is 6.18 Å². The summed E-state index contributed by atoms with van der Waals surface area (Å²) in [4.78, 5) is 13.2. The lowest BCUT2D eigenvalue weighted by atomic mass is 9.91. The molecule has 0 spiro atoms. The van der Waals surface area contributed by atoms with Crippen molar-refractivity contribution in [1.29, 1.82) is 0 Å². The van der Waals surface area contributed by atoms with Gasteiger partial charge in [-0.3, -0.25) is 4.79 Å². The van der Waals surface area contributed by atoms with Gasteiger partial charge in [0.25, 0.3) is 5.91 Å². The molecular weight excluding hydrogens is 399 g/mol. The van der Waals surface area contributed by atoms with Crippen LogP contribution in [0.15, 0.2) is 24.5 Å². The molecule has 1 saturated heterocycles. The summed E-state index contributed by atoms with van der Waals surface area (Å²) in [6, 6.07) is 2.71. The minimum absolute atomic E-state index is 0.0367. The van der Waals surface area contributed by atoms with Crippen LogP contribution in [0, 0.1) is 17.6 Å². The maximum absolute atomic E-state index is 14.2. The smallest absolute Gasteiger partial charge is 0.373 e. The number of hydrogen-bond donors (Lipinski definition) is 1. The van der Waals surface area contributed by atoms with Gasteiger partial charge in [-0.25, -0.2) is 8.78 Å². The number of alkyl halides is 3. The Morgan fingerprint density at radius 3 is 2.55 bits per heavy atom. The molecule has 1 N–H and O–H groups in total. The third-order valence-electron chi connectivity index (χ3n) is 5.22. The number of carbonyl (C=O) groups is 1. The van der Waals surface area contributed by atoms with Gasteiger partial charge in [0.05, 0.1) is 5.56 Å². The molecule has 0 radical (unpaired) electrons. The molecule has 6 nitrogen and oxygen atoms in total. The number of aromatic nitrogens is 3. The highest BCUT2D eigenvalue weighted by Crippen LogP contribution is 2.36. The van der Waals surface area contributed by atoms with Gasteiger partial charge in [-0.15, -0.1) is 10.2 Å².